The van der Waals surface area contributed by atoms with Gasteiger partial charge in [-0.05, 0) is 111 Å². The summed E-state index contributed by atoms with van der Waals surface area (Å²) in [7, 11) is 0. The maximum atomic E-state index is 7.52. The van der Waals surface area contributed by atoms with E-state index in [9.17, 15) is 0 Å². The van der Waals surface area contributed by atoms with Crippen molar-refractivity contribution in [2.24, 2.45) is 0 Å². The molecular weight excluding hydrogens is 835 g/mol. The molecule has 0 aliphatic heterocycles. The van der Waals surface area contributed by atoms with Gasteiger partial charge in [0.25, 0.3) is 0 Å². The molecule has 0 atom stereocenters. The van der Waals surface area contributed by atoms with Crippen LogP contribution in [0.2, 0.25) is 0 Å². The predicted molar refractivity (Wildman–Crippen MR) is 283 cm³/mol. The lowest BCUT2D eigenvalue weighted by Crippen LogP contribution is -2.16. The van der Waals surface area contributed by atoms with Crippen molar-refractivity contribution in [3.63, 3.8) is 0 Å². The van der Waals surface area contributed by atoms with Gasteiger partial charge in [-0.1, -0.05) is 166 Å². The Hall–Kier alpha value is -7.92. The molecule has 9 aromatic carbocycles. The molecule has 0 bridgehead atoms. The van der Waals surface area contributed by atoms with E-state index in [1.807, 2.05) is 11.3 Å². The van der Waals surface area contributed by atoms with Crippen molar-refractivity contribution in [1.82, 2.24) is 0 Å². The van der Waals surface area contributed by atoms with Crippen LogP contribution in [0, 0.1) is 0 Å². The minimum atomic E-state index is -0.170. The molecule has 2 aliphatic carbocycles. The SMILES string of the molecule is CC1(C)c2ccccc2-c2ccc(N(c3ccc(-c4cccc5c4sc4ccccc45)cc3)c3cccc4c3oc3c(C5=C(c6ccccc6)C=CCC5)c5c(cc34)oc3ccccc35)cc21. The summed E-state index contributed by atoms with van der Waals surface area (Å²) in [6, 6.07) is 68.6. The molecule has 0 N–H and O–H groups in total. The maximum absolute atomic E-state index is 7.52. The standard InChI is InChI=1S/C63H43NO2S/c1-63(2)52-26-11-8-19-44(52)45-35-34-41(36-53(45)63)64(40-32-30-39(31-33-40)43-23-14-25-49-46-20-10-13-29-57(46)67-62(43)49)54-27-15-24-48-51-37-56-58(50-22-9-12-28-55(50)65-56)59(61(51)66-60(48)54)47-21-7-6-18-42(47)38-16-4-3-5-17-38/h3-6,8-20,22-37H,7,21H2,1-2H3. The molecule has 0 amide bonds. The predicted octanol–water partition coefficient (Wildman–Crippen LogP) is 18.6. The van der Waals surface area contributed by atoms with Crippen molar-refractivity contribution >= 4 is 104 Å². The lowest BCUT2D eigenvalue weighted by molar-refractivity contribution is 0.660. The number of para-hydroxylation sites is 2. The van der Waals surface area contributed by atoms with Gasteiger partial charge in [0.05, 0.1) is 5.69 Å². The third-order valence-corrected chi connectivity index (χ3v) is 15.8. The molecular formula is C63H43NO2S. The molecule has 0 radical (unpaired) electrons. The molecule has 0 unspecified atom stereocenters. The van der Waals surface area contributed by atoms with Crippen molar-refractivity contribution in [1.29, 1.82) is 0 Å². The number of furan rings is 2. The largest absolute Gasteiger partial charge is 0.456 e. The normalized spacial score (nSPS) is 14.3. The Morgan fingerprint density at radius 1 is 0.507 bits per heavy atom. The van der Waals surface area contributed by atoms with Crippen LogP contribution in [0.15, 0.2) is 209 Å². The zero-order valence-electron chi connectivity index (χ0n) is 37.1. The van der Waals surface area contributed by atoms with Gasteiger partial charge in [-0.3, -0.25) is 0 Å². The second-order valence-electron chi connectivity index (χ2n) is 18.6. The van der Waals surface area contributed by atoms with Crippen LogP contribution in [0.4, 0.5) is 17.1 Å². The summed E-state index contributed by atoms with van der Waals surface area (Å²) in [4.78, 5) is 2.41. The lowest BCUT2D eigenvalue weighted by Gasteiger charge is -2.28. The molecule has 318 valence electrons. The van der Waals surface area contributed by atoms with Gasteiger partial charge in [0, 0.05) is 64.1 Å². The summed E-state index contributed by atoms with van der Waals surface area (Å²) in [6.45, 7) is 4.71. The highest BCUT2D eigenvalue weighted by Gasteiger charge is 2.36. The zero-order chi connectivity index (χ0) is 44.4. The summed E-state index contributed by atoms with van der Waals surface area (Å²) in [6.07, 6.45) is 6.44. The van der Waals surface area contributed by atoms with E-state index in [4.69, 9.17) is 8.83 Å². The highest BCUT2D eigenvalue weighted by Crippen LogP contribution is 2.53. The number of anilines is 3. The number of hydrogen-bond acceptors (Lipinski definition) is 4. The van der Waals surface area contributed by atoms with Crippen molar-refractivity contribution in [3.05, 3.63) is 222 Å². The van der Waals surface area contributed by atoms with E-state index in [2.05, 4.69) is 219 Å². The second-order valence-corrected chi connectivity index (χ2v) is 19.7. The van der Waals surface area contributed by atoms with Crippen molar-refractivity contribution in [2.75, 3.05) is 4.90 Å². The summed E-state index contributed by atoms with van der Waals surface area (Å²) in [5, 5.41) is 6.91. The first-order chi connectivity index (χ1) is 33.0. The van der Waals surface area contributed by atoms with Crippen molar-refractivity contribution < 1.29 is 8.83 Å². The Bertz CT molecular complexity index is 4060. The number of allylic oxidation sites excluding steroid dienone is 4. The number of hydrogen-bond donors (Lipinski definition) is 0. The quantitative estimate of drug-likeness (QED) is 0.167. The van der Waals surface area contributed by atoms with E-state index in [0.29, 0.717) is 0 Å². The van der Waals surface area contributed by atoms with Crippen LogP contribution in [0.3, 0.4) is 0 Å². The van der Waals surface area contributed by atoms with E-state index in [-0.39, 0.29) is 5.41 Å². The molecule has 67 heavy (non-hydrogen) atoms. The van der Waals surface area contributed by atoms with Crippen LogP contribution in [0.5, 0.6) is 0 Å². The fourth-order valence-corrected chi connectivity index (χ4v) is 12.7. The third kappa shape index (κ3) is 5.70. The van der Waals surface area contributed by atoms with E-state index < -0.39 is 0 Å². The van der Waals surface area contributed by atoms with Gasteiger partial charge in [-0.2, -0.15) is 0 Å². The summed E-state index contributed by atoms with van der Waals surface area (Å²) in [5.74, 6) is 0. The lowest BCUT2D eigenvalue weighted by atomic mass is 9.82. The maximum Gasteiger partial charge on any atom is 0.159 e. The van der Waals surface area contributed by atoms with E-state index in [0.717, 1.165) is 79.3 Å². The molecule has 0 saturated heterocycles. The van der Waals surface area contributed by atoms with Gasteiger partial charge in [0.2, 0.25) is 0 Å². The minimum absolute atomic E-state index is 0.170. The highest BCUT2D eigenvalue weighted by molar-refractivity contribution is 7.26. The number of benzene rings is 9. The molecule has 2 aliphatic rings. The van der Waals surface area contributed by atoms with Crippen LogP contribution in [-0.4, -0.2) is 0 Å². The summed E-state index contributed by atoms with van der Waals surface area (Å²) >= 11 is 1.87. The van der Waals surface area contributed by atoms with Crippen LogP contribution >= 0.6 is 11.3 Å². The number of fused-ring (bicyclic) bond motifs is 12. The van der Waals surface area contributed by atoms with E-state index >= 15 is 0 Å². The Labute approximate surface area is 392 Å². The number of rotatable bonds is 6. The number of thiophene rings is 1. The number of nitrogens with zero attached hydrogens (tertiary/aromatic N) is 1. The van der Waals surface area contributed by atoms with Gasteiger partial charge < -0.3 is 13.7 Å². The molecule has 14 rings (SSSR count). The van der Waals surface area contributed by atoms with Gasteiger partial charge in [-0.15, -0.1) is 11.3 Å². The first-order valence-corrected chi connectivity index (χ1v) is 24.1. The van der Waals surface area contributed by atoms with Gasteiger partial charge >= 0.3 is 0 Å². The van der Waals surface area contributed by atoms with Gasteiger partial charge in [0.15, 0.2) is 5.58 Å². The van der Waals surface area contributed by atoms with Crippen molar-refractivity contribution in [2.45, 2.75) is 32.1 Å². The van der Waals surface area contributed by atoms with Crippen molar-refractivity contribution in [3.8, 4) is 22.3 Å². The fourth-order valence-electron chi connectivity index (χ4n) is 11.4. The molecule has 4 heteroatoms. The third-order valence-electron chi connectivity index (χ3n) is 14.6. The smallest absolute Gasteiger partial charge is 0.159 e. The highest BCUT2D eigenvalue weighted by atomic mass is 32.1. The summed E-state index contributed by atoms with van der Waals surface area (Å²) < 4.78 is 16.9. The molecule has 0 fully saturated rings. The zero-order valence-corrected chi connectivity index (χ0v) is 38.0. The van der Waals surface area contributed by atoms with Gasteiger partial charge in [0.1, 0.15) is 16.7 Å². The average Bonchev–Trinajstić information content (AvgIpc) is 4.12. The second kappa shape index (κ2) is 14.5. The van der Waals surface area contributed by atoms with Crippen LogP contribution < -0.4 is 4.90 Å². The van der Waals surface area contributed by atoms with Crippen LogP contribution in [0.1, 0.15) is 48.9 Å². The molecule has 12 aromatic rings. The van der Waals surface area contributed by atoms with E-state index in [1.54, 1.807) is 0 Å². The fraction of sp³-hybridized carbons (Fsp3) is 0.0794. The Morgan fingerprint density at radius 2 is 1.22 bits per heavy atom. The summed E-state index contributed by atoms with van der Waals surface area (Å²) in [5.41, 5.74) is 19.0. The molecule has 3 aromatic heterocycles. The topological polar surface area (TPSA) is 29.5 Å². The molecule has 3 heterocycles. The molecule has 0 spiro atoms. The average molecular weight is 878 g/mol. The first kappa shape index (κ1) is 38.4. The molecule has 3 nitrogen and oxygen atoms in total. The van der Waals surface area contributed by atoms with E-state index in [1.165, 1.54) is 70.3 Å². The Kier molecular flexibility index (Phi) is 8.32. The van der Waals surface area contributed by atoms with Gasteiger partial charge in [-0.25, -0.2) is 0 Å². The first-order valence-electron chi connectivity index (χ1n) is 23.3. The van der Waals surface area contributed by atoms with Crippen LogP contribution in [-0.2, 0) is 5.41 Å². The molecule has 0 saturated carbocycles. The Morgan fingerprint density at radius 3 is 2.12 bits per heavy atom. The minimum Gasteiger partial charge on any atom is -0.456 e. The Balaban J connectivity index is 1.02. The van der Waals surface area contributed by atoms with Crippen LogP contribution in [0.25, 0.3) is 97.4 Å². The monoisotopic (exact) mass is 877 g/mol.